The zero-order valence-electron chi connectivity index (χ0n) is 13.1. The van der Waals surface area contributed by atoms with Crippen LogP contribution in [-0.2, 0) is 0 Å². The van der Waals surface area contributed by atoms with Gasteiger partial charge in [-0.05, 0) is 18.1 Å². The minimum Gasteiger partial charge on any atom is -0.167 e. The van der Waals surface area contributed by atoms with Gasteiger partial charge in [-0.2, -0.15) is 11.1 Å². The Labute approximate surface area is 122 Å². The van der Waals surface area contributed by atoms with Gasteiger partial charge in [0.1, 0.15) is 0 Å². The zero-order chi connectivity index (χ0) is 13.7. The Morgan fingerprint density at radius 3 is 1.33 bits per heavy atom. The Kier molecular flexibility index (Phi) is 12.9. The topological polar surface area (TPSA) is 0 Å². The first-order valence-corrected chi connectivity index (χ1v) is 12.0. The third kappa shape index (κ3) is 10.4. The predicted octanol–water partition coefficient (Wildman–Crippen LogP) is 7.13. The van der Waals surface area contributed by atoms with E-state index >= 15 is 0 Å². The predicted molar refractivity (Wildman–Crippen MR) is 89.2 cm³/mol. The Hall–Kier alpha value is 0.507. The van der Waals surface area contributed by atoms with Gasteiger partial charge < -0.3 is 0 Å². The molecule has 0 aromatic carbocycles. The molecule has 0 nitrogen and oxygen atoms in total. The van der Waals surface area contributed by atoms with Crippen molar-refractivity contribution < 1.29 is 0 Å². The molecule has 0 spiro atoms. The van der Waals surface area contributed by atoms with Gasteiger partial charge in [0.2, 0.25) is 0 Å². The molecule has 0 bridgehead atoms. The molecule has 0 amide bonds. The second kappa shape index (κ2) is 12.5. The van der Waals surface area contributed by atoms with Crippen molar-refractivity contribution in [3.05, 3.63) is 0 Å². The van der Waals surface area contributed by atoms with Gasteiger partial charge in [0.15, 0.2) is 7.38 Å². The molecule has 0 unspecified atom stereocenters. The van der Waals surface area contributed by atoms with Gasteiger partial charge in [-0.25, -0.2) is 0 Å². The highest BCUT2D eigenvalue weighted by Crippen LogP contribution is 2.32. The lowest BCUT2D eigenvalue weighted by Gasteiger charge is -2.24. The van der Waals surface area contributed by atoms with E-state index in [4.69, 9.17) is 11.1 Å². The SMILES string of the molecule is CCCCCC[Si](Cl)(CCCC)CCCCCC. The van der Waals surface area contributed by atoms with Crippen molar-refractivity contribution in [1.82, 2.24) is 0 Å². The summed E-state index contributed by atoms with van der Waals surface area (Å²) in [6.07, 6.45) is 13.7. The fourth-order valence-electron chi connectivity index (χ4n) is 2.61. The second-order valence-corrected chi connectivity index (χ2v) is 12.1. The van der Waals surface area contributed by atoms with Crippen LogP contribution in [0.25, 0.3) is 0 Å². The van der Waals surface area contributed by atoms with Crippen molar-refractivity contribution in [2.24, 2.45) is 0 Å². The quantitative estimate of drug-likeness (QED) is 0.192. The second-order valence-electron chi connectivity index (χ2n) is 5.88. The molecular formula is C16H35ClSi. The molecule has 0 saturated carbocycles. The van der Waals surface area contributed by atoms with E-state index in [1.54, 1.807) is 0 Å². The van der Waals surface area contributed by atoms with E-state index in [-0.39, 0.29) is 0 Å². The summed E-state index contributed by atoms with van der Waals surface area (Å²) in [6.45, 7) is 6.86. The highest BCUT2D eigenvalue weighted by atomic mass is 35.6. The van der Waals surface area contributed by atoms with Gasteiger partial charge in [0.25, 0.3) is 0 Å². The number of unbranched alkanes of at least 4 members (excludes halogenated alkanes) is 7. The molecule has 0 aliphatic rings. The van der Waals surface area contributed by atoms with Crippen LogP contribution in [0.4, 0.5) is 0 Å². The van der Waals surface area contributed by atoms with Crippen molar-refractivity contribution in [3.63, 3.8) is 0 Å². The van der Waals surface area contributed by atoms with E-state index in [2.05, 4.69) is 20.8 Å². The lowest BCUT2D eigenvalue weighted by atomic mass is 10.2. The van der Waals surface area contributed by atoms with Crippen LogP contribution in [0.5, 0.6) is 0 Å². The molecule has 2 heteroatoms. The minimum absolute atomic E-state index is 1.31. The molecule has 18 heavy (non-hydrogen) atoms. The average molecular weight is 291 g/mol. The molecule has 0 radical (unpaired) electrons. The lowest BCUT2D eigenvalue weighted by Crippen LogP contribution is -2.26. The number of hydrogen-bond acceptors (Lipinski definition) is 0. The van der Waals surface area contributed by atoms with Crippen molar-refractivity contribution >= 4 is 18.5 Å². The standard InChI is InChI=1S/C16H35ClSi/c1-4-7-10-12-15-18(17,14-9-6-3)16-13-11-8-5-2/h4-16H2,1-3H3. The smallest absolute Gasteiger partial charge is 0.156 e. The molecular weight excluding hydrogens is 256 g/mol. The van der Waals surface area contributed by atoms with Crippen LogP contribution in [0.3, 0.4) is 0 Å². The lowest BCUT2D eigenvalue weighted by molar-refractivity contribution is 0.680. The molecule has 0 aromatic heterocycles. The molecule has 0 aliphatic heterocycles. The van der Waals surface area contributed by atoms with Gasteiger partial charge in [-0.3, -0.25) is 0 Å². The molecule has 0 rings (SSSR count). The van der Waals surface area contributed by atoms with Gasteiger partial charge in [0.05, 0.1) is 0 Å². The molecule has 0 heterocycles. The first-order chi connectivity index (χ1) is 8.68. The fourth-order valence-corrected chi connectivity index (χ4v) is 7.31. The maximum Gasteiger partial charge on any atom is 0.156 e. The zero-order valence-corrected chi connectivity index (χ0v) is 14.8. The van der Waals surface area contributed by atoms with Crippen LogP contribution < -0.4 is 0 Å². The van der Waals surface area contributed by atoms with Crippen LogP contribution in [-0.4, -0.2) is 7.38 Å². The van der Waals surface area contributed by atoms with E-state index in [0.717, 1.165) is 0 Å². The van der Waals surface area contributed by atoms with Crippen LogP contribution in [0, 0.1) is 0 Å². The van der Waals surface area contributed by atoms with Crippen molar-refractivity contribution in [1.29, 1.82) is 0 Å². The Balaban J connectivity index is 3.90. The fraction of sp³-hybridized carbons (Fsp3) is 1.00. The molecule has 0 saturated heterocycles. The van der Waals surface area contributed by atoms with Crippen LogP contribution in [0.15, 0.2) is 0 Å². The summed E-state index contributed by atoms with van der Waals surface area (Å²) < 4.78 is 0. The number of rotatable bonds is 13. The summed E-state index contributed by atoms with van der Waals surface area (Å²) in [5.74, 6) is 0. The largest absolute Gasteiger partial charge is 0.167 e. The summed E-state index contributed by atoms with van der Waals surface area (Å²) >= 11 is 7.01. The van der Waals surface area contributed by atoms with Crippen LogP contribution in [0.1, 0.15) is 85.0 Å². The van der Waals surface area contributed by atoms with Crippen molar-refractivity contribution in [2.75, 3.05) is 0 Å². The summed E-state index contributed by atoms with van der Waals surface area (Å²) in [5.41, 5.74) is 0. The van der Waals surface area contributed by atoms with Gasteiger partial charge >= 0.3 is 0 Å². The van der Waals surface area contributed by atoms with Crippen molar-refractivity contribution in [2.45, 2.75) is 103 Å². The van der Waals surface area contributed by atoms with E-state index < -0.39 is 7.38 Å². The molecule has 110 valence electrons. The summed E-state index contributed by atoms with van der Waals surface area (Å²) in [7, 11) is -1.40. The van der Waals surface area contributed by atoms with Gasteiger partial charge in [-0.1, -0.05) is 85.0 Å². The number of hydrogen-bond donors (Lipinski definition) is 0. The molecule has 0 aromatic rings. The van der Waals surface area contributed by atoms with E-state index in [0.29, 0.717) is 0 Å². The minimum atomic E-state index is -1.40. The first kappa shape index (κ1) is 18.5. The highest BCUT2D eigenvalue weighted by molar-refractivity contribution is 7.20. The van der Waals surface area contributed by atoms with Crippen molar-refractivity contribution in [3.8, 4) is 0 Å². The first-order valence-electron chi connectivity index (χ1n) is 8.37. The third-order valence-corrected chi connectivity index (χ3v) is 9.38. The molecule has 0 fully saturated rings. The Morgan fingerprint density at radius 1 is 0.556 bits per heavy atom. The summed E-state index contributed by atoms with van der Waals surface area (Å²) in [4.78, 5) is 0. The van der Waals surface area contributed by atoms with E-state index in [9.17, 15) is 0 Å². The highest BCUT2D eigenvalue weighted by Gasteiger charge is 2.28. The van der Waals surface area contributed by atoms with E-state index in [1.807, 2.05) is 0 Å². The van der Waals surface area contributed by atoms with Crippen LogP contribution >= 0.6 is 11.1 Å². The van der Waals surface area contributed by atoms with Gasteiger partial charge in [0, 0.05) is 0 Å². The normalized spacial score (nSPS) is 12.0. The summed E-state index contributed by atoms with van der Waals surface area (Å²) in [5, 5.41) is 0. The Morgan fingerprint density at radius 2 is 0.944 bits per heavy atom. The maximum absolute atomic E-state index is 7.01. The Bertz CT molecular complexity index is 158. The van der Waals surface area contributed by atoms with E-state index in [1.165, 1.54) is 82.3 Å². The molecule has 0 N–H and O–H groups in total. The number of halogens is 1. The van der Waals surface area contributed by atoms with Gasteiger partial charge in [-0.15, -0.1) is 0 Å². The third-order valence-electron chi connectivity index (χ3n) is 3.94. The monoisotopic (exact) mass is 290 g/mol. The summed E-state index contributed by atoms with van der Waals surface area (Å²) in [6, 6.07) is 4.12. The molecule has 0 atom stereocenters. The maximum atomic E-state index is 7.01. The average Bonchev–Trinajstić information content (AvgIpc) is 2.38. The van der Waals surface area contributed by atoms with Crippen LogP contribution in [0.2, 0.25) is 18.1 Å². The molecule has 0 aliphatic carbocycles.